The maximum absolute atomic E-state index is 12.5. The molecule has 0 N–H and O–H groups in total. The largest absolute Gasteiger partial charge is 0.293 e. The highest BCUT2D eigenvalue weighted by molar-refractivity contribution is 8.18. The molecule has 1 aliphatic heterocycles. The van der Waals surface area contributed by atoms with Gasteiger partial charge in [-0.05, 0) is 47.7 Å². The van der Waals surface area contributed by atoms with E-state index in [-0.39, 0.29) is 17.7 Å². The third-order valence-electron chi connectivity index (χ3n) is 3.40. The Morgan fingerprint density at radius 2 is 1.58 bits per heavy atom. The Bertz CT molecular complexity index is 829. The molecular weight excluding hydrogens is 389 g/mol. The number of hydrogen-bond acceptors (Lipinski definition) is 3. The zero-order valence-corrected chi connectivity index (χ0v) is 15.2. The first-order chi connectivity index (χ1) is 11.5. The molecule has 0 unspecified atom stereocenters. The molecule has 3 nitrogen and oxygen atoms in total. The van der Waals surface area contributed by atoms with E-state index in [1.807, 2.05) is 0 Å². The standard InChI is InChI=1S/C17H10Cl3NO2S/c18-11-6-4-10(5-7-11)9-21-16(22)15(24-17(21)23)8-12-13(19)2-1-3-14(12)20/h1-8H,9H2/b15-8+. The van der Waals surface area contributed by atoms with Gasteiger partial charge in [-0.3, -0.25) is 14.5 Å². The van der Waals surface area contributed by atoms with E-state index in [0.717, 1.165) is 17.3 Å². The van der Waals surface area contributed by atoms with Crippen LogP contribution < -0.4 is 0 Å². The van der Waals surface area contributed by atoms with Crippen LogP contribution in [0.4, 0.5) is 4.79 Å². The summed E-state index contributed by atoms with van der Waals surface area (Å²) in [4.78, 5) is 26.2. The molecule has 1 aliphatic rings. The van der Waals surface area contributed by atoms with Gasteiger partial charge in [0.25, 0.3) is 11.1 Å². The number of rotatable bonds is 3. The fraction of sp³-hybridized carbons (Fsp3) is 0.0588. The van der Waals surface area contributed by atoms with Crippen LogP contribution >= 0.6 is 46.6 Å². The summed E-state index contributed by atoms with van der Waals surface area (Å²) in [7, 11) is 0. The second-order valence-corrected chi connectivity index (χ2v) is 7.27. The van der Waals surface area contributed by atoms with Gasteiger partial charge in [-0.2, -0.15) is 0 Å². The number of thioether (sulfide) groups is 1. The lowest BCUT2D eigenvalue weighted by Gasteiger charge is -2.12. The highest BCUT2D eigenvalue weighted by Gasteiger charge is 2.35. The maximum atomic E-state index is 12.5. The van der Waals surface area contributed by atoms with Gasteiger partial charge in [0.15, 0.2) is 0 Å². The van der Waals surface area contributed by atoms with E-state index >= 15 is 0 Å². The van der Waals surface area contributed by atoms with Gasteiger partial charge >= 0.3 is 0 Å². The van der Waals surface area contributed by atoms with E-state index in [1.165, 1.54) is 4.90 Å². The molecule has 2 aromatic rings. The summed E-state index contributed by atoms with van der Waals surface area (Å²) in [6, 6.07) is 12.1. The van der Waals surface area contributed by atoms with E-state index in [2.05, 4.69) is 0 Å². The van der Waals surface area contributed by atoms with E-state index in [4.69, 9.17) is 34.8 Å². The molecular formula is C17H10Cl3NO2S. The number of carbonyl (C=O) groups is 2. The third-order valence-corrected chi connectivity index (χ3v) is 5.22. The van der Waals surface area contributed by atoms with E-state index in [0.29, 0.717) is 25.5 Å². The Morgan fingerprint density at radius 1 is 0.958 bits per heavy atom. The van der Waals surface area contributed by atoms with Crippen LogP contribution in [0.3, 0.4) is 0 Å². The molecule has 0 saturated carbocycles. The van der Waals surface area contributed by atoms with Gasteiger partial charge in [-0.1, -0.05) is 53.0 Å². The van der Waals surface area contributed by atoms with Crippen molar-refractivity contribution in [3.63, 3.8) is 0 Å². The van der Waals surface area contributed by atoms with Gasteiger partial charge in [-0.25, -0.2) is 0 Å². The van der Waals surface area contributed by atoms with Crippen LogP contribution in [-0.4, -0.2) is 16.0 Å². The van der Waals surface area contributed by atoms with Gasteiger partial charge < -0.3 is 0 Å². The normalized spacial score (nSPS) is 16.3. The highest BCUT2D eigenvalue weighted by atomic mass is 35.5. The summed E-state index contributed by atoms with van der Waals surface area (Å²) >= 11 is 18.9. The fourth-order valence-electron chi connectivity index (χ4n) is 2.19. The molecule has 3 rings (SSSR count). The Morgan fingerprint density at radius 3 is 2.21 bits per heavy atom. The second kappa shape index (κ2) is 7.19. The fourth-order valence-corrected chi connectivity index (χ4v) is 3.64. The Kier molecular flexibility index (Phi) is 5.21. The summed E-state index contributed by atoms with van der Waals surface area (Å²) in [5.74, 6) is -0.365. The van der Waals surface area contributed by atoms with Crippen LogP contribution in [0.25, 0.3) is 6.08 Å². The van der Waals surface area contributed by atoms with Crippen molar-refractivity contribution in [2.75, 3.05) is 0 Å². The lowest BCUT2D eigenvalue weighted by Crippen LogP contribution is -2.27. The molecule has 24 heavy (non-hydrogen) atoms. The molecule has 0 spiro atoms. The van der Waals surface area contributed by atoms with Crippen LogP contribution in [-0.2, 0) is 11.3 Å². The Labute approximate surface area is 158 Å². The van der Waals surface area contributed by atoms with Crippen LogP contribution in [0.2, 0.25) is 15.1 Å². The predicted molar refractivity (Wildman–Crippen MR) is 99.4 cm³/mol. The molecule has 0 atom stereocenters. The van der Waals surface area contributed by atoms with E-state index in [9.17, 15) is 9.59 Å². The smallest absolute Gasteiger partial charge is 0.268 e. The number of nitrogens with zero attached hydrogens (tertiary/aromatic N) is 1. The number of hydrogen-bond donors (Lipinski definition) is 0. The third kappa shape index (κ3) is 3.62. The molecule has 0 aliphatic carbocycles. The minimum absolute atomic E-state index is 0.190. The Balaban J connectivity index is 1.86. The van der Waals surface area contributed by atoms with E-state index in [1.54, 1.807) is 48.5 Å². The molecule has 0 bridgehead atoms. The van der Waals surface area contributed by atoms with Crippen LogP contribution in [0, 0.1) is 0 Å². The summed E-state index contributed by atoms with van der Waals surface area (Å²) in [5, 5.41) is 1.12. The number of amides is 2. The zero-order valence-electron chi connectivity index (χ0n) is 12.1. The van der Waals surface area contributed by atoms with Crippen molar-refractivity contribution in [1.82, 2.24) is 4.90 Å². The predicted octanol–water partition coefficient (Wildman–Crippen LogP) is 5.88. The number of benzene rings is 2. The monoisotopic (exact) mass is 397 g/mol. The summed E-state index contributed by atoms with van der Waals surface area (Å²) in [6.45, 7) is 0.190. The molecule has 0 radical (unpaired) electrons. The van der Waals surface area contributed by atoms with Crippen LogP contribution in [0.5, 0.6) is 0 Å². The lowest BCUT2D eigenvalue weighted by molar-refractivity contribution is -0.123. The first kappa shape index (κ1) is 17.4. The van der Waals surface area contributed by atoms with Crippen molar-refractivity contribution in [2.45, 2.75) is 6.54 Å². The quantitative estimate of drug-likeness (QED) is 0.606. The lowest BCUT2D eigenvalue weighted by atomic mass is 10.2. The molecule has 7 heteroatoms. The van der Waals surface area contributed by atoms with Gasteiger partial charge in [0, 0.05) is 20.6 Å². The summed E-state index contributed by atoms with van der Waals surface area (Å²) < 4.78 is 0. The topological polar surface area (TPSA) is 37.4 Å². The maximum Gasteiger partial charge on any atom is 0.293 e. The number of carbonyl (C=O) groups excluding carboxylic acids is 2. The number of halogens is 3. The van der Waals surface area contributed by atoms with Crippen molar-refractivity contribution in [3.8, 4) is 0 Å². The second-order valence-electron chi connectivity index (χ2n) is 5.03. The Hall–Kier alpha value is -1.46. The minimum Gasteiger partial charge on any atom is -0.268 e. The van der Waals surface area contributed by atoms with Gasteiger partial charge in [-0.15, -0.1) is 0 Å². The van der Waals surface area contributed by atoms with Crippen molar-refractivity contribution >= 4 is 63.8 Å². The molecule has 1 fully saturated rings. The average molecular weight is 399 g/mol. The van der Waals surface area contributed by atoms with Gasteiger partial charge in [0.1, 0.15) is 0 Å². The SMILES string of the molecule is O=C1S/C(=C/c2c(Cl)cccc2Cl)C(=O)N1Cc1ccc(Cl)cc1. The van der Waals surface area contributed by atoms with Gasteiger partial charge in [0.2, 0.25) is 0 Å². The van der Waals surface area contributed by atoms with Crippen LogP contribution in [0.1, 0.15) is 11.1 Å². The summed E-state index contributed by atoms with van der Waals surface area (Å²) in [6.07, 6.45) is 1.55. The molecule has 2 amide bonds. The van der Waals surface area contributed by atoms with Crippen molar-refractivity contribution in [3.05, 3.63) is 73.6 Å². The minimum atomic E-state index is -0.365. The number of imide groups is 1. The zero-order chi connectivity index (χ0) is 17.3. The van der Waals surface area contributed by atoms with Crippen molar-refractivity contribution < 1.29 is 9.59 Å². The first-order valence-electron chi connectivity index (χ1n) is 6.89. The first-order valence-corrected chi connectivity index (χ1v) is 8.84. The highest BCUT2D eigenvalue weighted by Crippen LogP contribution is 2.36. The van der Waals surface area contributed by atoms with E-state index < -0.39 is 0 Å². The van der Waals surface area contributed by atoms with Crippen molar-refractivity contribution in [2.24, 2.45) is 0 Å². The van der Waals surface area contributed by atoms with Crippen LogP contribution in [0.15, 0.2) is 47.4 Å². The molecule has 122 valence electrons. The molecule has 1 heterocycles. The summed E-state index contributed by atoms with van der Waals surface area (Å²) in [5.41, 5.74) is 1.34. The molecule has 0 aromatic heterocycles. The molecule has 1 saturated heterocycles. The van der Waals surface area contributed by atoms with Gasteiger partial charge in [0.05, 0.1) is 11.4 Å². The average Bonchev–Trinajstić information content (AvgIpc) is 2.80. The van der Waals surface area contributed by atoms with Crippen molar-refractivity contribution in [1.29, 1.82) is 0 Å². The molecule has 2 aromatic carbocycles.